The summed E-state index contributed by atoms with van der Waals surface area (Å²) in [7, 11) is -1.51. The summed E-state index contributed by atoms with van der Waals surface area (Å²) in [6.07, 6.45) is 11.3. The molecule has 1 aromatic rings. The maximum atomic E-state index is 13.0. The SMILES string of the molecule is CN(CC(=O)Nc1cccc(S(=O)(=O)N2CCCCCC2)c1)C1CCCCCC1. The lowest BCUT2D eigenvalue weighted by Gasteiger charge is -2.26. The van der Waals surface area contributed by atoms with Crippen LogP contribution in [0.5, 0.6) is 0 Å². The van der Waals surface area contributed by atoms with Crippen molar-refractivity contribution in [3.05, 3.63) is 24.3 Å². The maximum absolute atomic E-state index is 13.0. The summed E-state index contributed by atoms with van der Waals surface area (Å²) in [5.41, 5.74) is 0.542. The number of benzene rings is 1. The molecule has 0 aromatic heterocycles. The number of carbonyl (C=O) groups excluding carboxylic acids is 1. The van der Waals surface area contributed by atoms with E-state index in [2.05, 4.69) is 10.2 Å². The van der Waals surface area contributed by atoms with Crippen LogP contribution in [0, 0.1) is 0 Å². The van der Waals surface area contributed by atoms with Gasteiger partial charge in [-0.25, -0.2) is 8.42 Å². The quantitative estimate of drug-likeness (QED) is 0.709. The van der Waals surface area contributed by atoms with Crippen LogP contribution in [0.2, 0.25) is 0 Å². The minimum Gasteiger partial charge on any atom is -0.325 e. The number of anilines is 1. The molecule has 3 rings (SSSR count). The van der Waals surface area contributed by atoms with Crippen LogP contribution in [0.25, 0.3) is 0 Å². The van der Waals surface area contributed by atoms with E-state index in [1.807, 2.05) is 7.05 Å². The zero-order valence-corrected chi connectivity index (χ0v) is 18.4. The Morgan fingerprint density at radius 2 is 1.66 bits per heavy atom. The molecule has 162 valence electrons. The van der Waals surface area contributed by atoms with Crippen LogP contribution in [0.4, 0.5) is 5.69 Å². The summed E-state index contributed by atoms with van der Waals surface area (Å²) in [6.45, 7) is 1.48. The molecule has 1 N–H and O–H groups in total. The van der Waals surface area contributed by atoms with Crippen molar-refractivity contribution in [2.24, 2.45) is 0 Å². The average molecular weight is 422 g/mol. The number of hydrogen-bond acceptors (Lipinski definition) is 4. The Hall–Kier alpha value is -1.44. The minimum atomic E-state index is -3.52. The predicted molar refractivity (Wildman–Crippen MR) is 116 cm³/mol. The summed E-state index contributed by atoms with van der Waals surface area (Å²) in [6, 6.07) is 7.12. The molecule has 0 bridgehead atoms. The van der Waals surface area contributed by atoms with Crippen LogP contribution < -0.4 is 5.32 Å². The average Bonchev–Trinajstić information content (AvgIpc) is 3.14. The van der Waals surface area contributed by atoms with Gasteiger partial charge < -0.3 is 5.32 Å². The number of sulfonamides is 1. The molecular weight excluding hydrogens is 386 g/mol. The Morgan fingerprint density at radius 1 is 1.03 bits per heavy atom. The lowest BCUT2D eigenvalue weighted by Crippen LogP contribution is -2.37. The van der Waals surface area contributed by atoms with Crippen molar-refractivity contribution in [2.45, 2.75) is 75.1 Å². The van der Waals surface area contributed by atoms with Crippen molar-refractivity contribution in [1.82, 2.24) is 9.21 Å². The molecule has 0 radical (unpaired) electrons. The third-order valence-electron chi connectivity index (χ3n) is 6.16. The van der Waals surface area contributed by atoms with Crippen LogP contribution in [0.15, 0.2) is 29.2 Å². The number of likely N-dealkylation sites (N-methyl/N-ethyl adjacent to an activating group) is 1. The molecule has 1 saturated carbocycles. The van der Waals surface area contributed by atoms with E-state index in [0.29, 0.717) is 31.4 Å². The van der Waals surface area contributed by atoms with Gasteiger partial charge in [-0.2, -0.15) is 4.31 Å². The second kappa shape index (κ2) is 10.5. The topological polar surface area (TPSA) is 69.7 Å². The van der Waals surface area contributed by atoms with Gasteiger partial charge in [-0.05, 0) is 50.9 Å². The Morgan fingerprint density at radius 3 is 2.31 bits per heavy atom. The van der Waals surface area contributed by atoms with Gasteiger partial charge in [0.15, 0.2) is 0 Å². The number of carbonyl (C=O) groups is 1. The largest absolute Gasteiger partial charge is 0.325 e. The summed E-state index contributed by atoms with van der Waals surface area (Å²) in [5, 5.41) is 2.89. The monoisotopic (exact) mass is 421 g/mol. The highest BCUT2D eigenvalue weighted by Crippen LogP contribution is 2.23. The Kier molecular flexibility index (Phi) is 8.09. The first-order valence-electron chi connectivity index (χ1n) is 11.1. The molecule has 1 aliphatic carbocycles. The van der Waals surface area contributed by atoms with E-state index >= 15 is 0 Å². The fraction of sp³-hybridized carbons (Fsp3) is 0.682. The van der Waals surface area contributed by atoms with Crippen LogP contribution in [-0.4, -0.2) is 56.3 Å². The molecule has 1 saturated heterocycles. The van der Waals surface area contributed by atoms with E-state index in [4.69, 9.17) is 0 Å². The normalized spacial score (nSPS) is 20.2. The molecule has 1 aromatic carbocycles. The molecule has 29 heavy (non-hydrogen) atoms. The molecular formula is C22H35N3O3S. The van der Waals surface area contributed by atoms with Gasteiger partial charge in [0.1, 0.15) is 0 Å². The third-order valence-corrected chi connectivity index (χ3v) is 8.06. The molecule has 1 aliphatic heterocycles. The highest BCUT2D eigenvalue weighted by molar-refractivity contribution is 7.89. The zero-order chi connectivity index (χ0) is 20.7. The minimum absolute atomic E-state index is 0.0962. The highest BCUT2D eigenvalue weighted by Gasteiger charge is 2.25. The third kappa shape index (κ3) is 6.27. The number of rotatable bonds is 6. The molecule has 2 fully saturated rings. The van der Waals surface area contributed by atoms with E-state index in [1.165, 1.54) is 25.7 Å². The first-order chi connectivity index (χ1) is 14.0. The molecule has 6 nitrogen and oxygen atoms in total. The van der Waals surface area contributed by atoms with E-state index in [0.717, 1.165) is 38.5 Å². The van der Waals surface area contributed by atoms with E-state index < -0.39 is 10.0 Å². The zero-order valence-electron chi connectivity index (χ0n) is 17.6. The van der Waals surface area contributed by atoms with Crippen molar-refractivity contribution in [1.29, 1.82) is 0 Å². The van der Waals surface area contributed by atoms with Crippen molar-refractivity contribution < 1.29 is 13.2 Å². The first kappa shape index (κ1) is 22.2. The standard InChI is InChI=1S/C22H35N3O3S/c1-24(20-12-6-2-3-7-13-20)18-22(26)23-19-11-10-14-21(17-19)29(27,28)25-15-8-4-5-9-16-25/h10-11,14,17,20H,2-9,12-13,15-16,18H2,1H3,(H,23,26). The second-order valence-electron chi connectivity index (χ2n) is 8.45. The van der Waals surface area contributed by atoms with Gasteiger partial charge in [0.05, 0.1) is 11.4 Å². The Labute approximate surface area is 175 Å². The van der Waals surface area contributed by atoms with Crippen molar-refractivity contribution in [2.75, 3.05) is 32.0 Å². The Bertz CT molecular complexity index is 765. The number of amides is 1. The molecule has 0 unspecified atom stereocenters. The molecule has 0 spiro atoms. The summed E-state index contributed by atoms with van der Waals surface area (Å²) >= 11 is 0. The fourth-order valence-electron chi connectivity index (χ4n) is 4.42. The van der Waals surface area contributed by atoms with Gasteiger partial charge in [-0.15, -0.1) is 0 Å². The summed E-state index contributed by atoms with van der Waals surface area (Å²) < 4.78 is 27.6. The van der Waals surface area contributed by atoms with Gasteiger partial charge in [-0.3, -0.25) is 9.69 Å². The first-order valence-corrected chi connectivity index (χ1v) is 12.5. The Balaban J connectivity index is 1.62. The summed E-state index contributed by atoms with van der Waals surface area (Å²) in [5.74, 6) is -0.0962. The van der Waals surface area contributed by atoms with Crippen LogP contribution >= 0.6 is 0 Å². The highest BCUT2D eigenvalue weighted by atomic mass is 32.2. The van der Waals surface area contributed by atoms with Crippen LogP contribution in [0.1, 0.15) is 64.2 Å². The number of nitrogens with zero attached hydrogens (tertiary/aromatic N) is 2. The van der Waals surface area contributed by atoms with Gasteiger partial charge >= 0.3 is 0 Å². The lowest BCUT2D eigenvalue weighted by atomic mass is 10.1. The van der Waals surface area contributed by atoms with E-state index in [9.17, 15) is 13.2 Å². The molecule has 1 amide bonds. The van der Waals surface area contributed by atoms with Crippen molar-refractivity contribution in [3.8, 4) is 0 Å². The molecule has 7 heteroatoms. The molecule has 2 aliphatic rings. The van der Waals surface area contributed by atoms with Gasteiger partial charge in [-0.1, -0.05) is 44.6 Å². The number of nitrogens with one attached hydrogen (secondary N) is 1. The smallest absolute Gasteiger partial charge is 0.243 e. The van der Waals surface area contributed by atoms with Gasteiger partial charge in [0.25, 0.3) is 0 Å². The number of hydrogen-bond donors (Lipinski definition) is 1. The van der Waals surface area contributed by atoms with E-state index in [1.54, 1.807) is 28.6 Å². The predicted octanol–water partition coefficient (Wildman–Crippen LogP) is 3.84. The second-order valence-corrected chi connectivity index (χ2v) is 10.4. The van der Waals surface area contributed by atoms with E-state index in [-0.39, 0.29) is 10.8 Å². The van der Waals surface area contributed by atoms with Crippen molar-refractivity contribution >= 4 is 21.6 Å². The van der Waals surface area contributed by atoms with Crippen molar-refractivity contribution in [3.63, 3.8) is 0 Å². The lowest BCUT2D eigenvalue weighted by molar-refractivity contribution is -0.117. The van der Waals surface area contributed by atoms with Crippen LogP contribution in [-0.2, 0) is 14.8 Å². The van der Waals surface area contributed by atoms with Gasteiger partial charge in [0.2, 0.25) is 15.9 Å². The molecule has 0 atom stereocenters. The molecule has 1 heterocycles. The maximum Gasteiger partial charge on any atom is 0.243 e. The summed E-state index contributed by atoms with van der Waals surface area (Å²) in [4.78, 5) is 14.9. The van der Waals surface area contributed by atoms with Crippen LogP contribution in [0.3, 0.4) is 0 Å². The van der Waals surface area contributed by atoms with Gasteiger partial charge in [0, 0.05) is 24.8 Å². The fourth-order valence-corrected chi connectivity index (χ4v) is 5.98.